The Bertz CT molecular complexity index is 1310. The van der Waals surface area contributed by atoms with Gasteiger partial charge in [-0.3, -0.25) is 9.48 Å². The van der Waals surface area contributed by atoms with Crippen molar-refractivity contribution >= 4 is 11.6 Å². The number of H-pyrrole nitrogens is 1. The molecule has 3 aromatic heterocycles. The van der Waals surface area contributed by atoms with Gasteiger partial charge < -0.3 is 15.0 Å². The molecule has 0 fully saturated rings. The molecule has 0 saturated heterocycles. The van der Waals surface area contributed by atoms with Gasteiger partial charge in [-0.05, 0) is 13.0 Å². The van der Waals surface area contributed by atoms with E-state index in [-0.39, 0.29) is 37.4 Å². The summed E-state index contributed by atoms with van der Waals surface area (Å²) in [4.78, 5) is 20.8. The Labute approximate surface area is 200 Å². The number of rotatable bonds is 7. The maximum Gasteiger partial charge on any atom is 0.423 e. The average molecular weight is 519 g/mol. The predicted molar refractivity (Wildman–Crippen MR) is 113 cm³/mol. The monoisotopic (exact) mass is 519 g/mol. The number of fused-ring (bicyclic) bond motifs is 1. The predicted octanol–water partition coefficient (Wildman–Crippen LogP) is 2.83. The van der Waals surface area contributed by atoms with Crippen molar-refractivity contribution < 1.29 is 32.5 Å². The Balaban J connectivity index is 1.36. The molecule has 0 aromatic carbocycles. The van der Waals surface area contributed by atoms with Crippen LogP contribution < -0.4 is 15.8 Å². The van der Waals surface area contributed by atoms with Gasteiger partial charge in [-0.2, -0.15) is 36.5 Å². The zero-order chi connectivity index (χ0) is 27.0. The van der Waals surface area contributed by atoms with Crippen LogP contribution in [-0.2, 0) is 36.8 Å². The van der Waals surface area contributed by atoms with Crippen LogP contribution in [0.25, 0.3) is 0 Å². The second kappa shape index (κ2) is 9.75. The Morgan fingerprint density at radius 1 is 1.17 bits per heavy atom. The van der Waals surface area contributed by atoms with Crippen LogP contribution in [0, 0.1) is 0 Å². The standard InChI is InChI=1S/C20H20F6N8O2/c1-11(30-15-7-29-31-17(35)16(15)20(24,25)26)9-36-10-13-4-14-8-33(2-3-34(14)32-13)18-27-5-12(6-28-18)19(21,22)23/h4-7,11H,2-3,8-10H2,1H3,(H2,30,31,35)/t11-/m0/s1/i4D. The van der Waals surface area contributed by atoms with E-state index in [0.29, 0.717) is 31.2 Å². The van der Waals surface area contributed by atoms with E-state index >= 15 is 0 Å². The lowest BCUT2D eigenvalue weighted by Crippen LogP contribution is -2.35. The van der Waals surface area contributed by atoms with E-state index in [2.05, 4.69) is 25.5 Å². The molecule has 0 radical (unpaired) electrons. The number of aromatic amines is 1. The smallest absolute Gasteiger partial charge is 0.378 e. The second-order valence-electron chi connectivity index (χ2n) is 7.98. The molecule has 1 aliphatic rings. The summed E-state index contributed by atoms with van der Waals surface area (Å²) in [6.45, 7) is 2.19. The Morgan fingerprint density at radius 2 is 1.89 bits per heavy atom. The number of nitrogens with zero attached hydrogens (tertiary/aromatic N) is 6. The first-order chi connectivity index (χ1) is 17.3. The largest absolute Gasteiger partial charge is 0.423 e. The second-order valence-corrected chi connectivity index (χ2v) is 7.98. The summed E-state index contributed by atoms with van der Waals surface area (Å²) in [5.41, 5.74) is -3.45. The number of anilines is 2. The molecule has 0 saturated carbocycles. The Kier molecular flexibility index (Phi) is 6.51. The zero-order valence-electron chi connectivity index (χ0n) is 19.6. The van der Waals surface area contributed by atoms with E-state index in [9.17, 15) is 31.1 Å². The maximum absolute atomic E-state index is 13.2. The molecule has 3 aromatic rings. The lowest BCUT2D eigenvalue weighted by Gasteiger charge is -2.27. The van der Waals surface area contributed by atoms with Gasteiger partial charge in [0.05, 0.1) is 56.5 Å². The summed E-state index contributed by atoms with van der Waals surface area (Å²) in [6, 6.07) is -0.584. The third-order valence-corrected chi connectivity index (χ3v) is 5.16. The first kappa shape index (κ1) is 24.0. The maximum atomic E-state index is 13.2. The molecule has 4 rings (SSSR count). The first-order valence-electron chi connectivity index (χ1n) is 11.0. The topological polar surface area (TPSA) is 114 Å². The lowest BCUT2D eigenvalue weighted by atomic mass is 10.2. The molecule has 2 N–H and O–H groups in total. The van der Waals surface area contributed by atoms with Crippen LogP contribution in [0.2, 0.25) is 0 Å². The van der Waals surface area contributed by atoms with E-state index in [1.165, 1.54) is 0 Å². The minimum absolute atomic E-state index is 0.0652. The fourth-order valence-electron chi connectivity index (χ4n) is 3.54. The minimum Gasteiger partial charge on any atom is -0.378 e. The van der Waals surface area contributed by atoms with Crippen molar-refractivity contribution in [2.24, 2.45) is 0 Å². The van der Waals surface area contributed by atoms with Crippen LogP contribution in [0.4, 0.5) is 38.0 Å². The number of hydrogen-bond acceptors (Lipinski definition) is 8. The number of nitrogens with one attached hydrogen (secondary N) is 2. The highest BCUT2D eigenvalue weighted by Crippen LogP contribution is 2.32. The first-order valence-corrected chi connectivity index (χ1v) is 10.5. The van der Waals surface area contributed by atoms with Crippen molar-refractivity contribution in [1.29, 1.82) is 0 Å². The summed E-state index contributed by atoms with van der Waals surface area (Å²) >= 11 is 0. The van der Waals surface area contributed by atoms with Crippen molar-refractivity contribution in [3.8, 4) is 0 Å². The van der Waals surface area contributed by atoms with E-state index in [1.807, 2.05) is 0 Å². The minimum atomic E-state index is -4.88. The van der Waals surface area contributed by atoms with Gasteiger partial charge in [-0.15, -0.1) is 0 Å². The molecule has 10 nitrogen and oxygen atoms in total. The molecule has 0 bridgehead atoms. The third-order valence-electron chi connectivity index (χ3n) is 5.16. The molecule has 4 heterocycles. The Hall–Kier alpha value is -3.69. The molecule has 1 atom stereocenters. The molecule has 16 heteroatoms. The van der Waals surface area contributed by atoms with Crippen molar-refractivity contribution in [2.45, 2.75) is 45.0 Å². The van der Waals surface area contributed by atoms with Crippen LogP contribution >= 0.6 is 0 Å². The van der Waals surface area contributed by atoms with Crippen LogP contribution in [0.15, 0.2) is 29.4 Å². The fourth-order valence-corrected chi connectivity index (χ4v) is 3.54. The quantitative estimate of drug-likeness (QED) is 0.459. The number of halogens is 6. The summed E-state index contributed by atoms with van der Waals surface area (Å²) in [5, 5.41) is 12.0. The molecule has 0 unspecified atom stereocenters. The number of alkyl halides is 6. The molecule has 0 spiro atoms. The fraction of sp³-hybridized carbons (Fsp3) is 0.450. The highest BCUT2D eigenvalue weighted by Gasteiger charge is 2.37. The highest BCUT2D eigenvalue weighted by atomic mass is 19.4. The van der Waals surface area contributed by atoms with Gasteiger partial charge in [0.15, 0.2) is 0 Å². The summed E-state index contributed by atoms with van der Waals surface area (Å²) in [7, 11) is 0. The SMILES string of the molecule is [2H]c1c(COC[C@H](C)Nc2cn[nH]c(=O)c2C(F)(F)F)nn2c1CN(c1ncc(C(F)(F)F)cn1)CC2. The number of hydrogen-bond donors (Lipinski definition) is 2. The summed E-state index contributed by atoms with van der Waals surface area (Å²) in [6.07, 6.45) is -7.18. The van der Waals surface area contributed by atoms with E-state index in [0.717, 1.165) is 6.20 Å². The van der Waals surface area contributed by atoms with Gasteiger partial charge in [0.25, 0.3) is 5.56 Å². The zero-order valence-corrected chi connectivity index (χ0v) is 18.6. The molecular weight excluding hydrogens is 498 g/mol. The van der Waals surface area contributed by atoms with E-state index in [1.54, 1.807) is 21.6 Å². The van der Waals surface area contributed by atoms with Gasteiger partial charge in [0.1, 0.15) is 5.56 Å². The Morgan fingerprint density at radius 3 is 2.56 bits per heavy atom. The van der Waals surface area contributed by atoms with Crippen molar-refractivity contribution in [1.82, 2.24) is 29.9 Å². The van der Waals surface area contributed by atoms with Gasteiger partial charge in [0.2, 0.25) is 5.95 Å². The van der Waals surface area contributed by atoms with Crippen molar-refractivity contribution in [3.05, 3.63) is 57.5 Å². The summed E-state index contributed by atoms with van der Waals surface area (Å²) in [5.74, 6) is 0.0880. The van der Waals surface area contributed by atoms with Crippen molar-refractivity contribution in [3.63, 3.8) is 0 Å². The molecule has 36 heavy (non-hydrogen) atoms. The van der Waals surface area contributed by atoms with Crippen LogP contribution in [0.3, 0.4) is 0 Å². The lowest BCUT2D eigenvalue weighted by molar-refractivity contribution is -0.139. The number of aromatic nitrogens is 6. The van der Waals surface area contributed by atoms with Crippen LogP contribution in [0.5, 0.6) is 0 Å². The van der Waals surface area contributed by atoms with E-state index in [4.69, 9.17) is 6.11 Å². The van der Waals surface area contributed by atoms with Crippen molar-refractivity contribution in [2.75, 3.05) is 23.4 Å². The molecular formula is C20H20F6N8O2. The molecule has 0 aliphatic carbocycles. The number of ether oxygens (including phenoxy) is 1. The molecule has 0 amide bonds. The van der Waals surface area contributed by atoms with Gasteiger partial charge >= 0.3 is 12.4 Å². The highest BCUT2D eigenvalue weighted by molar-refractivity contribution is 5.50. The third kappa shape index (κ3) is 5.75. The van der Waals surface area contributed by atoms with Crippen LogP contribution in [0.1, 0.15) is 30.8 Å². The summed E-state index contributed by atoms with van der Waals surface area (Å²) < 4.78 is 93.3. The molecule has 194 valence electrons. The van der Waals surface area contributed by atoms with E-state index < -0.39 is 40.8 Å². The van der Waals surface area contributed by atoms with Gasteiger partial charge in [-0.1, -0.05) is 0 Å². The molecule has 1 aliphatic heterocycles. The van der Waals surface area contributed by atoms with Crippen LogP contribution in [-0.4, -0.2) is 49.1 Å². The van der Waals surface area contributed by atoms with Gasteiger partial charge in [0, 0.05) is 25.0 Å². The van der Waals surface area contributed by atoms with Gasteiger partial charge in [-0.25, -0.2) is 15.1 Å². The average Bonchev–Trinajstić information content (AvgIpc) is 3.12. The normalized spacial score (nSPS) is 15.4.